The molecule has 10 aromatic rings. The Morgan fingerprint density at radius 3 is 1.37 bits per heavy atom. The summed E-state index contributed by atoms with van der Waals surface area (Å²) in [7, 11) is -2.34. The van der Waals surface area contributed by atoms with Crippen molar-refractivity contribution in [1.29, 1.82) is 0 Å². The standard InChI is InChI=1S/C22H22OP.C13H15NO.C12H16O3.C10H13NO3.C10H15N.C10H14.C9H10I2O.C9H12Se.C7H11F3O.C6H10O.5CH4/c1-18(2)22(23)24(19-12-6-3-7-13-19,20-14-8-4-9-15-20)21-16-10-5-11-17-21;1-8(2)6-10-4-5-12-11(7-10)13(15)9(3)14-12;1-8(2)12(14)15-7-10-5-4-9(3)11(13)6-10;1-7(2)14-10-5-4-8(3)6-9(10)11(12)13;1-7(2)9-5-4-8(3)10(11)6-9;1-8(2)10-6-4-9(3)5-7-10;1-5(2)6-3-7(10)9(12)8(11)4-6;1-8(2)10-9-6-4-3-5-7-9;1-5(2)3-4-6(11)7(8,9)10;1-4-6(7)5(2)3;;;;;/h3-18H,1-2H3;4-5,7-8,14H,3,6H2,1-2H3;4-6,8,13H,7H2,1-3H3;4-7H,1-3H3;4-7H,11H2,1-3H3;4-8H,1-3H3;3-5,12H,1-2H3;3-8H,1-2H3;5H,3-4H2,1-2H3;4-5H,1H2,2-3H3;5*1H4/q+1;;;;;;;;;;;;;;. The molecule has 0 amide bonds. The number of benzene rings is 10. The maximum Gasteiger partial charge on any atom is 0.311 e. The first-order chi connectivity index (χ1) is 60.4. The van der Waals surface area contributed by atoms with E-state index in [-0.39, 0.29) is 109 Å². The third kappa shape index (κ3) is 47.8. The SMILES string of the molecule is C.C.C.C.C.C=C1Nc2ccc(CC(C)C)cc2C1=O.C=CC(=O)C(C)C.CC(C)C(=O)[P+](c1ccccc1)(c1ccccc1)c1ccccc1.CC(C)CCC(=O)C(F)(F)F.CC(C)[Se]c1ccccc1.CC(C)c1cc(I)c(O)c(I)c1.Cc1ccc(C(C)C)cc1.Cc1ccc(C(C)C)cc1N.Cc1ccc(COC(=O)C(C)C)cc1O.Cc1ccc(OC(C)C)c([N+](=O)[O-])c1. The van der Waals surface area contributed by atoms with Crippen LogP contribution in [0.2, 0.25) is 4.82 Å². The van der Waals surface area contributed by atoms with Crippen LogP contribution in [-0.4, -0.2) is 71.2 Å². The number of nitro benzene ring substituents is 1. The molecule has 1 aliphatic rings. The summed E-state index contributed by atoms with van der Waals surface area (Å²) in [5.74, 6) is 1.70. The second-order valence-electron chi connectivity index (χ2n) is 34.3. The molecular formula is C113H158F3I2N3O11PSe+. The average Bonchev–Trinajstić information content (AvgIpc) is 0.780. The van der Waals surface area contributed by atoms with Crippen LogP contribution in [0.5, 0.6) is 17.2 Å². The van der Waals surface area contributed by atoms with E-state index in [0.717, 1.165) is 73.5 Å². The second-order valence-corrected chi connectivity index (χ2v) is 43.4. The summed E-state index contributed by atoms with van der Waals surface area (Å²) in [4.78, 5) is 68.2. The molecule has 736 valence electrons. The Morgan fingerprint density at radius 2 is 0.993 bits per heavy atom. The van der Waals surface area contributed by atoms with Crippen LogP contribution in [0.1, 0.15) is 267 Å². The molecule has 1 aliphatic heterocycles. The number of ether oxygens (including phenoxy) is 2. The number of phenols is 2. The van der Waals surface area contributed by atoms with Crippen molar-refractivity contribution in [1.82, 2.24) is 0 Å². The predicted octanol–water partition coefficient (Wildman–Crippen LogP) is 30.8. The van der Waals surface area contributed by atoms with E-state index < -0.39 is 24.1 Å². The number of aryl methyl sites for hydroxylation is 4. The number of hydrogen-bond acceptors (Lipinski definition) is 13. The van der Waals surface area contributed by atoms with Gasteiger partial charge in [0, 0.05) is 35.3 Å². The molecule has 0 aromatic heterocycles. The Kier molecular flexibility index (Phi) is 65.2. The molecule has 11 rings (SSSR count). The van der Waals surface area contributed by atoms with E-state index in [4.69, 9.17) is 15.2 Å². The normalized spacial score (nSPS) is 10.7. The Hall–Kier alpha value is -9.57. The number of nitrogens with zero attached hydrogens (tertiary/aromatic N) is 1. The Bertz CT molecular complexity index is 5000. The van der Waals surface area contributed by atoms with E-state index in [9.17, 15) is 57.5 Å². The number of carbonyl (C=O) groups excluding carboxylic acids is 5. The minimum atomic E-state index is -4.64. The zero-order valence-electron chi connectivity index (χ0n) is 79.9. The van der Waals surface area contributed by atoms with Crippen molar-refractivity contribution in [2.75, 3.05) is 11.1 Å². The van der Waals surface area contributed by atoms with E-state index in [1.165, 1.54) is 44.4 Å². The van der Waals surface area contributed by atoms with Crippen LogP contribution < -0.4 is 36.2 Å². The molecule has 14 nitrogen and oxygen atoms in total. The molecule has 0 saturated carbocycles. The Morgan fingerprint density at radius 1 is 0.545 bits per heavy atom. The summed E-state index contributed by atoms with van der Waals surface area (Å²) < 4.78 is 48.4. The number of hydrogen-bond donors (Lipinski definition) is 4. The number of ketones is 3. The van der Waals surface area contributed by atoms with E-state index in [1.807, 2.05) is 147 Å². The average molecular weight is 2160 g/mol. The van der Waals surface area contributed by atoms with Crippen molar-refractivity contribution in [2.24, 2.45) is 29.6 Å². The number of anilines is 2. The Labute approximate surface area is 839 Å². The van der Waals surface area contributed by atoms with Gasteiger partial charge in [-0.2, -0.15) is 13.2 Å². The van der Waals surface area contributed by atoms with Crippen LogP contribution in [0, 0.1) is 74.5 Å². The van der Waals surface area contributed by atoms with Crippen LogP contribution in [0.4, 0.5) is 30.2 Å². The number of nitrogen functional groups attached to an aromatic ring is 1. The number of rotatable bonds is 23. The number of nitro groups is 1. The maximum absolute atomic E-state index is 13.6. The number of fused-ring (bicyclic) bond motifs is 1. The van der Waals surface area contributed by atoms with Gasteiger partial charge < -0.3 is 30.7 Å². The monoisotopic (exact) mass is 2150 g/mol. The molecule has 134 heavy (non-hydrogen) atoms. The summed E-state index contributed by atoms with van der Waals surface area (Å²) in [5, 5.41) is 36.0. The van der Waals surface area contributed by atoms with Gasteiger partial charge in [0.05, 0.1) is 35.7 Å². The minimum absolute atomic E-state index is 0. The molecule has 0 bridgehead atoms. The fourth-order valence-corrected chi connectivity index (χ4v) is 19.6. The van der Waals surface area contributed by atoms with E-state index >= 15 is 0 Å². The van der Waals surface area contributed by atoms with E-state index in [1.54, 1.807) is 52.0 Å². The molecule has 0 aliphatic carbocycles. The number of phenolic OH excluding ortho intramolecular Hbond substituents is 2. The fourth-order valence-electron chi connectivity index (χ4n) is 11.7. The number of allylic oxidation sites excluding steroid dienone is 2. The number of nitrogens with one attached hydrogen (secondary N) is 1. The molecule has 1 heterocycles. The number of carbonyl (C=O) groups is 5. The van der Waals surface area contributed by atoms with Crippen molar-refractivity contribution >= 4 is 134 Å². The molecule has 21 heteroatoms. The molecule has 0 atom stereocenters. The van der Waals surface area contributed by atoms with Crippen LogP contribution in [0.3, 0.4) is 0 Å². The third-order valence-corrected chi connectivity index (χ3v) is 27.3. The van der Waals surface area contributed by atoms with Gasteiger partial charge in [-0.15, -0.1) is 0 Å². The van der Waals surface area contributed by atoms with E-state index in [2.05, 4.69) is 255 Å². The molecule has 0 fully saturated rings. The number of nitrogens with two attached hydrogens (primary N) is 1. The summed E-state index contributed by atoms with van der Waals surface area (Å²) in [6.45, 7) is 55.5. The summed E-state index contributed by atoms with van der Waals surface area (Å²) in [5.41, 5.74) is 19.3. The Balaban J connectivity index is -0.000000709. The van der Waals surface area contributed by atoms with Gasteiger partial charge in [-0.1, -0.05) is 282 Å². The molecule has 0 spiro atoms. The predicted molar refractivity (Wildman–Crippen MR) is 586 cm³/mol. The first kappa shape index (κ1) is 131. The second kappa shape index (κ2) is 66.8. The number of halogens is 5. The van der Waals surface area contributed by atoms with Crippen molar-refractivity contribution in [3.05, 3.63) is 328 Å². The number of aromatic hydroxyl groups is 2. The summed E-state index contributed by atoms with van der Waals surface area (Å²) in [6.07, 6.45) is -2.43. The van der Waals surface area contributed by atoms with Gasteiger partial charge in [-0.25, -0.2) is 0 Å². The van der Waals surface area contributed by atoms with Crippen LogP contribution in [0.25, 0.3) is 0 Å². The van der Waals surface area contributed by atoms with Crippen molar-refractivity contribution in [3.63, 3.8) is 0 Å². The van der Waals surface area contributed by atoms with Gasteiger partial charge in [0.1, 0.15) is 34.0 Å². The van der Waals surface area contributed by atoms with Gasteiger partial charge in [0.15, 0.2) is 18.8 Å². The van der Waals surface area contributed by atoms with Crippen LogP contribution in [0.15, 0.2) is 255 Å². The molecule has 5 N–H and O–H groups in total. The van der Waals surface area contributed by atoms with Gasteiger partial charge >= 0.3 is 86.2 Å². The maximum atomic E-state index is 13.6. The minimum Gasteiger partial charge on any atom is -0.508 e. The zero-order valence-corrected chi connectivity index (χ0v) is 86.8. The van der Waals surface area contributed by atoms with Crippen molar-refractivity contribution < 1.29 is 61.8 Å². The largest absolute Gasteiger partial charge is 0.508 e. The molecule has 0 saturated heterocycles. The van der Waals surface area contributed by atoms with Crippen molar-refractivity contribution in [3.8, 4) is 17.2 Å². The summed E-state index contributed by atoms with van der Waals surface area (Å²) in [6, 6.07) is 76.8. The molecule has 10 aromatic carbocycles. The van der Waals surface area contributed by atoms with E-state index in [0.29, 0.717) is 67.8 Å². The number of Topliss-reactive ketones (excluding diaryl/α,β-unsaturated/α-hetero) is 2. The molecule has 0 radical (unpaired) electrons. The van der Waals surface area contributed by atoms with Gasteiger partial charge in [-0.05, 0) is 259 Å². The van der Waals surface area contributed by atoms with Gasteiger partial charge in [0.2, 0.25) is 11.6 Å². The number of alkyl halides is 3. The van der Waals surface area contributed by atoms with Crippen molar-refractivity contribution in [2.45, 2.75) is 264 Å². The first-order valence-corrected chi connectivity index (χ1v) is 49.4. The topological polar surface area (TPSA) is 225 Å². The van der Waals surface area contributed by atoms with Gasteiger partial charge in [-0.3, -0.25) is 34.1 Å². The zero-order chi connectivity index (χ0) is 97.8. The van der Waals surface area contributed by atoms with Crippen LogP contribution >= 0.6 is 52.4 Å². The molecular weight excluding hydrogens is 2000 g/mol. The van der Waals surface area contributed by atoms with Gasteiger partial charge in [0.25, 0.3) is 5.52 Å². The third-order valence-electron chi connectivity index (χ3n) is 19.2. The quantitative estimate of drug-likeness (QED) is 0.00684. The smallest absolute Gasteiger partial charge is 0.311 e. The molecule has 0 unspecified atom stereocenters. The number of esters is 1. The summed E-state index contributed by atoms with van der Waals surface area (Å²) >= 11 is 4.98. The van der Waals surface area contributed by atoms with Crippen LogP contribution in [-0.2, 0) is 36.9 Å². The first-order valence-electron chi connectivity index (χ1n) is 43.6. The fraction of sp³-hybridized carbons (Fsp3) is 0.389.